The lowest BCUT2D eigenvalue weighted by atomic mass is 9.98. The molecule has 1 N–H and O–H groups in total. The van der Waals surface area contributed by atoms with Gasteiger partial charge < -0.3 is 14.5 Å². The molecule has 128 valence electrons. The predicted octanol–water partition coefficient (Wildman–Crippen LogP) is 2.70. The van der Waals surface area contributed by atoms with E-state index < -0.39 is 0 Å². The highest BCUT2D eigenvalue weighted by molar-refractivity contribution is 5.54. The van der Waals surface area contributed by atoms with Crippen LogP contribution in [0.1, 0.15) is 18.5 Å². The van der Waals surface area contributed by atoms with Crippen LogP contribution in [0.4, 0.5) is 0 Å². The molecule has 0 saturated carbocycles. The Morgan fingerprint density at radius 1 is 1.08 bits per heavy atom. The molecule has 2 aliphatic rings. The average Bonchev–Trinajstić information content (AvgIpc) is 3.03. The van der Waals surface area contributed by atoms with Crippen molar-refractivity contribution in [1.29, 1.82) is 0 Å². The van der Waals surface area contributed by atoms with Crippen molar-refractivity contribution in [1.82, 2.24) is 14.9 Å². The van der Waals surface area contributed by atoms with Crippen molar-refractivity contribution in [2.24, 2.45) is 5.92 Å². The summed E-state index contributed by atoms with van der Waals surface area (Å²) in [5.41, 5.74) is 2.31. The number of rotatable bonds is 6. The SMILES string of the molecule is c1ccc(-c2ncc(CN(CC3CCOCC3)C3COC3)[nH]2)cc1. The Morgan fingerprint density at radius 2 is 1.88 bits per heavy atom. The minimum absolute atomic E-state index is 0.538. The quantitative estimate of drug-likeness (QED) is 0.886. The molecule has 0 spiro atoms. The van der Waals surface area contributed by atoms with E-state index in [0.717, 1.165) is 56.8 Å². The van der Waals surface area contributed by atoms with Crippen LogP contribution in [0.5, 0.6) is 0 Å². The maximum atomic E-state index is 5.49. The molecule has 0 bridgehead atoms. The van der Waals surface area contributed by atoms with E-state index in [-0.39, 0.29) is 0 Å². The van der Waals surface area contributed by atoms with E-state index in [0.29, 0.717) is 6.04 Å². The van der Waals surface area contributed by atoms with E-state index in [1.807, 2.05) is 24.4 Å². The summed E-state index contributed by atoms with van der Waals surface area (Å²) in [7, 11) is 0. The van der Waals surface area contributed by atoms with E-state index >= 15 is 0 Å². The number of nitrogens with zero attached hydrogens (tertiary/aromatic N) is 2. The Balaban J connectivity index is 1.43. The van der Waals surface area contributed by atoms with Gasteiger partial charge in [0, 0.05) is 43.8 Å². The Kier molecular flexibility index (Phi) is 4.92. The fourth-order valence-electron chi connectivity index (χ4n) is 3.44. The zero-order valence-corrected chi connectivity index (χ0v) is 14.0. The normalized spacial score (nSPS) is 19.5. The minimum atomic E-state index is 0.538. The molecular weight excluding hydrogens is 302 g/mol. The predicted molar refractivity (Wildman–Crippen MR) is 92.6 cm³/mol. The van der Waals surface area contributed by atoms with Crippen LogP contribution in [0.15, 0.2) is 36.5 Å². The molecule has 2 saturated heterocycles. The van der Waals surface area contributed by atoms with Crippen LogP contribution in [-0.2, 0) is 16.0 Å². The molecule has 2 fully saturated rings. The summed E-state index contributed by atoms with van der Waals surface area (Å²) in [5.74, 6) is 1.68. The first-order chi connectivity index (χ1) is 11.9. The molecule has 24 heavy (non-hydrogen) atoms. The molecule has 5 heteroatoms. The van der Waals surface area contributed by atoms with Crippen LogP contribution in [0.3, 0.4) is 0 Å². The van der Waals surface area contributed by atoms with E-state index in [1.54, 1.807) is 0 Å². The topological polar surface area (TPSA) is 50.4 Å². The molecule has 0 atom stereocenters. The smallest absolute Gasteiger partial charge is 0.137 e. The van der Waals surface area contributed by atoms with Gasteiger partial charge in [0.25, 0.3) is 0 Å². The zero-order chi connectivity index (χ0) is 16.2. The summed E-state index contributed by atoms with van der Waals surface area (Å²) in [6.45, 7) is 5.54. The molecule has 0 radical (unpaired) electrons. The summed E-state index contributed by atoms with van der Waals surface area (Å²) < 4.78 is 10.9. The molecule has 5 nitrogen and oxygen atoms in total. The van der Waals surface area contributed by atoms with Crippen LogP contribution >= 0.6 is 0 Å². The number of H-pyrrole nitrogens is 1. The number of aromatic nitrogens is 2. The van der Waals surface area contributed by atoms with Gasteiger partial charge in [-0.15, -0.1) is 0 Å². The first-order valence-electron chi connectivity index (χ1n) is 8.87. The lowest BCUT2D eigenvalue weighted by Crippen LogP contribution is -2.50. The fraction of sp³-hybridized carbons (Fsp3) is 0.526. The van der Waals surface area contributed by atoms with Gasteiger partial charge in [-0.3, -0.25) is 4.90 Å². The van der Waals surface area contributed by atoms with Gasteiger partial charge in [0.1, 0.15) is 5.82 Å². The van der Waals surface area contributed by atoms with Crippen molar-refractivity contribution in [3.05, 3.63) is 42.2 Å². The van der Waals surface area contributed by atoms with E-state index in [4.69, 9.17) is 9.47 Å². The summed E-state index contributed by atoms with van der Waals surface area (Å²) in [5, 5.41) is 0. The summed E-state index contributed by atoms with van der Waals surface area (Å²) >= 11 is 0. The number of imidazole rings is 1. The molecule has 2 aromatic rings. The molecule has 1 aromatic heterocycles. The maximum Gasteiger partial charge on any atom is 0.137 e. The van der Waals surface area contributed by atoms with E-state index in [1.165, 1.54) is 18.5 Å². The van der Waals surface area contributed by atoms with Gasteiger partial charge in [0.15, 0.2) is 0 Å². The third kappa shape index (κ3) is 3.69. The molecule has 3 heterocycles. The number of hydrogen-bond donors (Lipinski definition) is 1. The highest BCUT2D eigenvalue weighted by atomic mass is 16.5. The van der Waals surface area contributed by atoms with E-state index in [9.17, 15) is 0 Å². The number of hydrogen-bond acceptors (Lipinski definition) is 4. The second-order valence-corrected chi connectivity index (χ2v) is 6.80. The van der Waals surface area contributed by atoms with Crippen LogP contribution in [0.2, 0.25) is 0 Å². The van der Waals surface area contributed by atoms with Gasteiger partial charge in [-0.05, 0) is 18.8 Å². The Bertz CT molecular complexity index is 633. The lowest BCUT2D eigenvalue weighted by molar-refractivity contribution is -0.0772. The van der Waals surface area contributed by atoms with Crippen LogP contribution in [-0.4, -0.2) is 53.9 Å². The third-order valence-electron chi connectivity index (χ3n) is 5.02. The molecule has 1 aromatic carbocycles. The summed E-state index contributed by atoms with van der Waals surface area (Å²) in [4.78, 5) is 10.6. The van der Waals surface area contributed by atoms with E-state index in [2.05, 4.69) is 27.0 Å². The van der Waals surface area contributed by atoms with Gasteiger partial charge in [-0.25, -0.2) is 4.98 Å². The first kappa shape index (κ1) is 15.8. The van der Waals surface area contributed by atoms with Crippen LogP contribution in [0.25, 0.3) is 11.4 Å². The van der Waals surface area contributed by atoms with Crippen LogP contribution in [0, 0.1) is 5.92 Å². The van der Waals surface area contributed by atoms with Crippen molar-refractivity contribution in [2.75, 3.05) is 33.0 Å². The van der Waals surface area contributed by atoms with Gasteiger partial charge >= 0.3 is 0 Å². The highest BCUT2D eigenvalue weighted by Crippen LogP contribution is 2.22. The number of nitrogens with one attached hydrogen (secondary N) is 1. The number of benzene rings is 1. The third-order valence-corrected chi connectivity index (χ3v) is 5.02. The molecule has 0 unspecified atom stereocenters. The molecule has 4 rings (SSSR count). The van der Waals surface area contributed by atoms with Crippen molar-refractivity contribution in [3.8, 4) is 11.4 Å². The Labute approximate surface area is 143 Å². The first-order valence-corrected chi connectivity index (χ1v) is 8.87. The monoisotopic (exact) mass is 327 g/mol. The largest absolute Gasteiger partial charge is 0.381 e. The Hall–Kier alpha value is -1.69. The zero-order valence-electron chi connectivity index (χ0n) is 14.0. The lowest BCUT2D eigenvalue weighted by Gasteiger charge is -2.39. The number of ether oxygens (including phenoxy) is 2. The average molecular weight is 327 g/mol. The van der Waals surface area contributed by atoms with Gasteiger partial charge in [-0.2, -0.15) is 0 Å². The van der Waals surface area contributed by atoms with Crippen molar-refractivity contribution in [2.45, 2.75) is 25.4 Å². The second-order valence-electron chi connectivity index (χ2n) is 6.80. The van der Waals surface area contributed by atoms with Gasteiger partial charge in [0.05, 0.1) is 19.3 Å². The van der Waals surface area contributed by atoms with Gasteiger partial charge in [0.2, 0.25) is 0 Å². The highest BCUT2D eigenvalue weighted by Gasteiger charge is 2.29. The maximum absolute atomic E-state index is 5.49. The standard InChI is InChI=1S/C19H25N3O2/c1-2-4-16(5-3-1)19-20-10-17(21-19)12-22(18-13-24-14-18)11-15-6-8-23-9-7-15/h1-5,10,15,18H,6-9,11-14H2,(H,20,21). The molecular formula is C19H25N3O2. The second kappa shape index (κ2) is 7.47. The van der Waals surface area contributed by atoms with Crippen molar-refractivity contribution in [3.63, 3.8) is 0 Å². The van der Waals surface area contributed by atoms with Gasteiger partial charge in [-0.1, -0.05) is 30.3 Å². The van der Waals surface area contributed by atoms with Crippen molar-refractivity contribution >= 4 is 0 Å². The number of aromatic amines is 1. The van der Waals surface area contributed by atoms with Crippen LogP contribution < -0.4 is 0 Å². The molecule has 0 aliphatic carbocycles. The summed E-state index contributed by atoms with van der Waals surface area (Å²) in [6.07, 6.45) is 4.31. The van der Waals surface area contributed by atoms with Crippen molar-refractivity contribution < 1.29 is 9.47 Å². The molecule has 0 amide bonds. The summed E-state index contributed by atoms with van der Waals surface area (Å²) in [6, 6.07) is 10.8. The Morgan fingerprint density at radius 3 is 2.58 bits per heavy atom. The molecule has 2 aliphatic heterocycles. The minimum Gasteiger partial charge on any atom is -0.381 e. The fourth-order valence-corrected chi connectivity index (χ4v) is 3.44.